The summed E-state index contributed by atoms with van der Waals surface area (Å²) in [5.74, 6) is -0.452. The molecular weight excluding hydrogens is 436 g/mol. The molecule has 0 aliphatic carbocycles. The van der Waals surface area contributed by atoms with Crippen LogP contribution in [-0.4, -0.2) is 80.2 Å². The van der Waals surface area contributed by atoms with Gasteiger partial charge in [-0.15, -0.1) is 0 Å². The van der Waals surface area contributed by atoms with E-state index in [2.05, 4.69) is 4.90 Å². The Kier molecular flexibility index (Phi) is 7.49. The highest BCUT2D eigenvalue weighted by atomic mass is 16.5. The van der Waals surface area contributed by atoms with Gasteiger partial charge < -0.3 is 24.2 Å². The van der Waals surface area contributed by atoms with Gasteiger partial charge in [0, 0.05) is 43.4 Å². The number of ether oxygens (including phenoxy) is 3. The largest absolute Gasteiger partial charge is 0.507 e. The highest BCUT2D eigenvalue weighted by Gasteiger charge is 2.46. The first-order chi connectivity index (χ1) is 16.5. The molecule has 0 bridgehead atoms. The van der Waals surface area contributed by atoms with E-state index in [1.54, 1.807) is 54.5 Å². The first-order valence-corrected chi connectivity index (χ1v) is 11.4. The fourth-order valence-corrected chi connectivity index (χ4v) is 4.52. The number of morpholine rings is 1. The maximum absolute atomic E-state index is 13.2. The molecule has 0 saturated carbocycles. The van der Waals surface area contributed by atoms with Crippen molar-refractivity contribution < 1.29 is 28.9 Å². The smallest absolute Gasteiger partial charge is 0.295 e. The van der Waals surface area contributed by atoms with E-state index >= 15 is 0 Å². The lowest BCUT2D eigenvalue weighted by Crippen LogP contribution is -2.39. The van der Waals surface area contributed by atoms with E-state index < -0.39 is 17.7 Å². The number of hydrogen-bond donors (Lipinski definition) is 1. The van der Waals surface area contributed by atoms with Crippen molar-refractivity contribution in [1.29, 1.82) is 0 Å². The Morgan fingerprint density at radius 2 is 1.76 bits per heavy atom. The average molecular weight is 467 g/mol. The molecule has 1 unspecified atom stereocenters. The Morgan fingerprint density at radius 3 is 2.44 bits per heavy atom. The molecule has 1 atom stereocenters. The van der Waals surface area contributed by atoms with Crippen molar-refractivity contribution >= 4 is 17.4 Å². The average Bonchev–Trinajstić information content (AvgIpc) is 3.13. The number of hydrogen-bond acceptors (Lipinski definition) is 7. The summed E-state index contributed by atoms with van der Waals surface area (Å²) >= 11 is 0. The molecule has 2 heterocycles. The van der Waals surface area contributed by atoms with Crippen LogP contribution in [0.3, 0.4) is 0 Å². The lowest BCUT2D eigenvalue weighted by Gasteiger charge is -2.29. The lowest BCUT2D eigenvalue weighted by atomic mass is 9.94. The van der Waals surface area contributed by atoms with Crippen molar-refractivity contribution in [2.75, 3.05) is 53.6 Å². The monoisotopic (exact) mass is 466 g/mol. The molecule has 2 saturated heterocycles. The lowest BCUT2D eigenvalue weighted by molar-refractivity contribution is -0.140. The molecule has 34 heavy (non-hydrogen) atoms. The number of methoxy groups -OCH3 is 2. The third-order valence-electron chi connectivity index (χ3n) is 6.30. The van der Waals surface area contributed by atoms with Crippen LogP contribution < -0.4 is 9.47 Å². The molecule has 2 aliphatic rings. The number of aliphatic hydroxyl groups is 1. The molecule has 1 amide bonds. The fraction of sp³-hybridized carbons (Fsp3) is 0.385. The number of ketones is 1. The molecule has 2 fully saturated rings. The quantitative estimate of drug-likeness (QED) is 0.364. The number of nitrogens with zero attached hydrogens (tertiary/aromatic N) is 2. The van der Waals surface area contributed by atoms with Crippen LogP contribution in [0.1, 0.15) is 23.6 Å². The summed E-state index contributed by atoms with van der Waals surface area (Å²) in [6, 6.07) is 13.3. The molecule has 0 spiro atoms. The number of benzene rings is 2. The van der Waals surface area contributed by atoms with Crippen molar-refractivity contribution in [1.82, 2.24) is 9.80 Å². The van der Waals surface area contributed by atoms with Gasteiger partial charge in [0.2, 0.25) is 0 Å². The van der Waals surface area contributed by atoms with Crippen molar-refractivity contribution in [3.8, 4) is 11.5 Å². The van der Waals surface area contributed by atoms with Gasteiger partial charge in [0.05, 0.1) is 39.0 Å². The van der Waals surface area contributed by atoms with Crippen LogP contribution in [0.4, 0.5) is 0 Å². The maximum Gasteiger partial charge on any atom is 0.295 e. The van der Waals surface area contributed by atoms with Crippen molar-refractivity contribution in [3.05, 3.63) is 65.2 Å². The van der Waals surface area contributed by atoms with Gasteiger partial charge in [-0.1, -0.05) is 30.3 Å². The standard InChI is InChI=1S/C26H30N2O6/c1-32-19-9-10-20(21(17-19)33-2)23-22(24(29)18-7-4-3-5-8-18)25(30)26(31)28(23)12-6-11-27-13-15-34-16-14-27/h3-5,7-10,17,23,29H,6,11-16H2,1-2H3. The zero-order chi connectivity index (χ0) is 24.1. The number of carbonyl (C=O) groups is 2. The Morgan fingerprint density at radius 1 is 1.03 bits per heavy atom. The van der Waals surface area contributed by atoms with Crippen LogP contribution in [0.5, 0.6) is 11.5 Å². The summed E-state index contributed by atoms with van der Waals surface area (Å²) in [5, 5.41) is 11.1. The van der Waals surface area contributed by atoms with Crippen molar-refractivity contribution in [2.24, 2.45) is 0 Å². The summed E-state index contributed by atoms with van der Waals surface area (Å²) in [7, 11) is 3.08. The van der Waals surface area contributed by atoms with Crippen molar-refractivity contribution in [3.63, 3.8) is 0 Å². The minimum atomic E-state index is -0.772. The fourth-order valence-electron chi connectivity index (χ4n) is 4.52. The van der Waals surface area contributed by atoms with Crippen molar-refractivity contribution in [2.45, 2.75) is 12.5 Å². The normalized spacial score (nSPS) is 20.5. The Labute approximate surface area is 199 Å². The van der Waals surface area contributed by atoms with Crippen LogP contribution in [0.15, 0.2) is 54.1 Å². The molecule has 0 radical (unpaired) electrons. The molecule has 8 heteroatoms. The second-order valence-corrected chi connectivity index (χ2v) is 8.27. The number of amides is 1. The predicted octanol–water partition coefficient (Wildman–Crippen LogP) is 2.85. The van der Waals surface area contributed by atoms with E-state index in [-0.39, 0.29) is 11.3 Å². The summed E-state index contributed by atoms with van der Waals surface area (Å²) in [6.07, 6.45) is 0.688. The van der Waals surface area contributed by atoms with Gasteiger partial charge in [-0.25, -0.2) is 0 Å². The van der Waals surface area contributed by atoms with E-state index in [0.717, 1.165) is 19.6 Å². The zero-order valence-electron chi connectivity index (χ0n) is 19.5. The highest BCUT2D eigenvalue weighted by molar-refractivity contribution is 6.46. The third-order valence-corrected chi connectivity index (χ3v) is 6.30. The summed E-state index contributed by atoms with van der Waals surface area (Å²) in [6.45, 7) is 4.26. The van der Waals surface area contributed by atoms with Gasteiger partial charge in [0.15, 0.2) is 0 Å². The number of rotatable bonds is 8. The number of aliphatic hydroxyl groups excluding tert-OH is 1. The second kappa shape index (κ2) is 10.7. The summed E-state index contributed by atoms with van der Waals surface area (Å²) < 4.78 is 16.3. The van der Waals surface area contributed by atoms with Crippen LogP contribution in [0.2, 0.25) is 0 Å². The predicted molar refractivity (Wildman–Crippen MR) is 127 cm³/mol. The van der Waals surface area contributed by atoms with Gasteiger partial charge in [0.1, 0.15) is 17.3 Å². The molecule has 0 aromatic heterocycles. The molecule has 2 aromatic rings. The molecule has 2 aliphatic heterocycles. The molecule has 4 rings (SSSR count). The van der Waals surface area contributed by atoms with Gasteiger partial charge in [-0.2, -0.15) is 0 Å². The summed E-state index contributed by atoms with van der Waals surface area (Å²) in [5.41, 5.74) is 1.16. The number of likely N-dealkylation sites (tertiary alicyclic amines) is 1. The van der Waals surface area contributed by atoms with E-state index in [9.17, 15) is 14.7 Å². The molecule has 180 valence electrons. The van der Waals surface area contributed by atoms with Crippen LogP contribution >= 0.6 is 0 Å². The SMILES string of the molecule is COc1ccc(C2C(=C(O)c3ccccc3)C(=O)C(=O)N2CCCN2CCOCC2)c(OC)c1. The first-order valence-electron chi connectivity index (χ1n) is 11.4. The van der Waals surface area contributed by atoms with Gasteiger partial charge in [-0.05, 0) is 18.6 Å². The number of carbonyl (C=O) groups excluding carboxylic acids is 2. The van der Waals surface area contributed by atoms with E-state index in [4.69, 9.17) is 14.2 Å². The Hall–Kier alpha value is -3.36. The van der Waals surface area contributed by atoms with E-state index in [1.165, 1.54) is 7.11 Å². The Bertz CT molecular complexity index is 1060. The first kappa shape index (κ1) is 23.8. The minimum absolute atomic E-state index is 0.0611. The van der Waals surface area contributed by atoms with Gasteiger partial charge >= 0.3 is 0 Å². The van der Waals surface area contributed by atoms with Crippen LogP contribution in [0, 0.1) is 0 Å². The zero-order valence-corrected chi connectivity index (χ0v) is 19.5. The topological polar surface area (TPSA) is 88.5 Å². The van der Waals surface area contributed by atoms with Crippen LogP contribution in [0.25, 0.3) is 5.76 Å². The molecule has 8 nitrogen and oxygen atoms in total. The molecular formula is C26H30N2O6. The second-order valence-electron chi connectivity index (χ2n) is 8.27. The highest BCUT2D eigenvalue weighted by Crippen LogP contribution is 2.43. The minimum Gasteiger partial charge on any atom is -0.507 e. The Balaban J connectivity index is 1.72. The van der Waals surface area contributed by atoms with E-state index in [0.29, 0.717) is 48.8 Å². The summed E-state index contributed by atoms with van der Waals surface area (Å²) in [4.78, 5) is 30.2. The maximum atomic E-state index is 13.2. The molecule has 1 N–H and O–H groups in total. The third kappa shape index (κ3) is 4.78. The van der Waals surface area contributed by atoms with Crippen LogP contribution in [-0.2, 0) is 14.3 Å². The van der Waals surface area contributed by atoms with E-state index in [1.807, 2.05) is 6.07 Å². The molecule has 2 aromatic carbocycles. The van der Waals surface area contributed by atoms with Gasteiger partial charge in [0.25, 0.3) is 11.7 Å². The number of Topliss-reactive ketones (excluding diaryl/α,β-unsaturated/α-hetero) is 1. The van der Waals surface area contributed by atoms with Gasteiger partial charge in [-0.3, -0.25) is 14.5 Å².